The number of carbonyl (C=O) groups excluding carboxylic acids is 1. The Morgan fingerprint density at radius 3 is 2.54 bits per heavy atom. The van der Waals surface area contributed by atoms with Crippen molar-refractivity contribution in [3.8, 4) is 5.75 Å². The monoisotopic (exact) mass is 347 g/mol. The molecule has 0 unspecified atom stereocenters. The smallest absolute Gasteiger partial charge is 0.279 e. The molecule has 0 aliphatic carbocycles. The molecule has 0 saturated carbocycles. The summed E-state index contributed by atoms with van der Waals surface area (Å²) in [5.41, 5.74) is 1.81. The normalized spacial score (nSPS) is 12.0. The second-order valence-electron chi connectivity index (χ2n) is 6.01. The van der Waals surface area contributed by atoms with Gasteiger partial charge in [-0.05, 0) is 18.2 Å². The highest BCUT2D eigenvalue weighted by Crippen LogP contribution is 2.27. The Morgan fingerprint density at radius 2 is 1.92 bits per heavy atom. The van der Waals surface area contributed by atoms with Gasteiger partial charge in [0.05, 0.1) is 12.8 Å². The maximum atomic E-state index is 12.3. The van der Waals surface area contributed by atoms with Crippen LogP contribution in [0.4, 0.5) is 5.69 Å². The fourth-order valence-electron chi connectivity index (χ4n) is 2.68. The van der Waals surface area contributed by atoms with E-state index in [1.54, 1.807) is 25.3 Å². The molecule has 2 aromatic rings. The molecule has 2 rings (SSSR count). The number of hydrogen-bond donors (Lipinski definition) is 2. The van der Waals surface area contributed by atoms with Crippen LogP contribution in [0.5, 0.6) is 5.75 Å². The lowest BCUT2D eigenvalue weighted by Crippen LogP contribution is -2.88. The Kier molecular flexibility index (Phi) is 6.64. The number of ether oxygens (including phenoxy) is 1. The van der Waals surface area contributed by atoms with Crippen molar-refractivity contribution >= 4 is 23.2 Å². The molecular formula is C19H24ClN2O2+. The van der Waals surface area contributed by atoms with Crippen LogP contribution in [0.3, 0.4) is 0 Å². The van der Waals surface area contributed by atoms with Crippen LogP contribution in [0.2, 0.25) is 5.02 Å². The number of halogens is 1. The predicted octanol–water partition coefficient (Wildman–Crippen LogP) is 3.25. The van der Waals surface area contributed by atoms with Crippen molar-refractivity contribution in [1.29, 1.82) is 0 Å². The molecule has 1 atom stereocenters. The summed E-state index contributed by atoms with van der Waals surface area (Å²) in [5, 5.41) is 5.49. The molecule has 4 nitrogen and oxygen atoms in total. The van der Waals surface area contributed by atoms with E-state index in [2.05, 4.69) is 36.6 Å². The molecule has 5 heteroatoms. The summed E-state index contributed by atoms with van der Waals surface area (Å²) in [6, 6.07) is 15.6. The quantitative estimate of drug-likeness (QED) is 0.807. The van der Waals surface area contributed by atoms with E-state index < -0.39 is 0 Å². The molecule has 128 valence electrons. The van der Waals surface area contributed by atoms with Crippen molar-refractivity contribution in [1.82, 2.24) is 0 Å². The van der Waals surface area contributed by atoms with E-state index in [-0.39, 0.29) is 11.9 Å². The van der Waals surface area contributed by atoms with Gasteiger partial charge >= 0.3 is 0 Å². The molecule has 1 amide bonds. The summed E-state index contributed by atoms with van der Waals surface area (Å²) in [4.78, 5) is 12.3. The van der Waals surface area contributed by atoms with E-state index in [1.165, 1.54) is 5.56 Å². The van der Waals surface area contributed by atoms with Crippen molar-refractivity contribution in [2.24, 2.45) is 5.92 Å². The van der Waals surface area contributed by atoms with E-state index in [9.17, 15) is 4.79 Å². The number of anilines is 1. The maximum Gasteiger partial charge on any atom is 0.279 e. The zero-order chi connectivity index (χ0) is 17.5. The van der Waals surface area contributed by atoms with Crippen molar-refractivity contribution < 1.29 is 14.8 Å². The number of quaternary nitrogens is 1. The van der Waals surface area contributed by atoms with Gasteiger partial charge in [-0.2, -0.15) is 0 Å². The average Bonchev–Trinajstić information content (AvgIpc) is 2.56. The number of carbonyl (C=O) groups is 1. The summed E-state index contributed by atoms with van der Waals surface area (Å²) in [6.07, 6.45) is 0. The van der Waals surface area contributed by atoms with Gasteiger partial charge in [0, 0.05) is 16.5 Å². The number of nitrogens with one attached hydrogen (secondary N) is 1. The number of nitrogens with two attached hydrogens (primary N) is 1. The lowest BCUT2D eigenvalue weighted by Gasteiger charge is -2.19. The molecule has 0 bridgehead atoms. The number of benzene rings is 2. The Labute approximate surface area is 148 Å². The first-order chi connectivity index (χ1) is 11.5. The fourth-order valence-corrected chi connectivity index (χ4v) is 2.85. The summed E-state index contributed by atoms with van der Waals surface area (Å²) in [6.45, 7) is 4.64. The zero-order valence-electron chi connectivity index (χ0n) is 14.3. The van der Waals surface area contributed by atoms with Gasteiger partial charge in [0.15, 0.2) is 6.54 Å². The van der Waals surface area contributed by atoms with E-state index in [1.807, 2.05) is 18.2 Å². The van der Waals surface area contributed by atoms with E-state index in [0.717, 1.165) is 0 Å². The van der Waals surface area contributed by atoms with Crippen LogP contribution in [0.15, 0.2) is 48.5 Å². The number of amides is 1. The molecule has 0 radical (unpaired) electrons. The van der Waals surface area contributed by atoms with Gasteiger partial charge in [-0.3, -0.25) is 4.79 Å². The van der Waals surface area contributed by atoms with Crippen molar-refractivity contribution in [3.63, 3.8) is 0 Å². The summed E-state index contributed by atoms with van der Waals surface area (Å²) in [5.74, 6) is 0.925. The SMILES string of the molecule is COc1ccc(Cl)cc1NC(=O)C[NH2+][C@@H](c1ccccc1)C(C)C. The van der Waals surface area contributed by atoms with Crippen molar-refractivity contribution in [3.05, 3.63) is 59.1 Å². The standard InChI is InChI=1S/C19H23ClN2O2/c1-13(2)19(14-7-5-4-6-8-14)21-12-18(23)22-16-11-15(20)9-10-17(16)24-3/h4-11,13,19,21H,12H2,1-3H3,(H,22,23)/p+1/t19-/m1/s1. The molecular weight excluding hydrogens is 324 g/mol. The minimum Gasteiger partial charge on any atom is -0.495 e. The predicted molar refractivity (Wildman–Crippen MR) is 97.4 cm³/mol. The molecule has 0 aliphatic rings. The van der Waals surface area contributed by atoms with Crippen LogP contribution in [0.25, 0.3) is 0 Å². The van der Waals surface area contributed by atoms with E-state index >= 15 is 0 Å². The average molecular weight is 348 g/mol. The summed E-state index contributed by atoms with van der Waals surface area (Å²) >= 11 is 5.99. The Morgan fingerprint density at radius 1 is 1.21 bits per heavy atom. The molecule has 2 aromatic carbocycles. The van der Waals surface area contributed by atoms with Gasteiger partial charge < -0.3 is 15.4 Å². The van der Waals surface area contributed by atoms with Gasteiger partial charge in [-0.1, -0.05) is 55.8 Å². The van der Waals surface area contributed by atoms with Crippen LogP contribution in [-0.4, -0.2) is 19.6 Å². The number of methoxy groups -OCH3 is 1. The fraction of sp³-hybridized carbons (Fsp3) is 0.316. The zero-order valence-corrected chi connectivity index (χ0v) is 15.0. The highest BCUT2D eigenvalue weighted by Gasteiger charge is 2.20. The third-order valence-corrected chi connectivity index (χ3v) is 4.13. The Hall–Kier alpha value is -2.04. The highest BCUT2D eigenvalue weighted by molar-refractivity contribution is 6.31. The van der Waals surface area contributed by atoms with Crippen LogP contribution in [0, 0.1) is 5.92 Å². The first kappa shape index (κ1) is 18.3. The van der Waals surface area contributed by atoms with Crippen molar-refractivity contribution in [2.75, 3.05) is 19.0 Å². The lowest BCUT2D eigenvalue weighted by molar-refractivity contribution is -0.692. The third kappa shape index (κ3) is 4.98. The lowest BCUT2D eigenvalue weighted by atomic mass is 9.96. The van der Waals surface area contributed by atoms with Crippen molar-refractivity contribution in [2.45, 2.75) is 19.9 Å². The Bertz CT molecular complexity index is 674. The Balaban J connectivity index is 2.00. The number of hydrogen-bond acceptors (Lipinski definition) is 2. The van der Waals surface area contributed by atoms with Crippen LogP contribution in [0.1, 0.15) is 25.5 Å². The van der Waals surface area contributed by atoms with E-state index in [0.29, 0.717) is 28.9 Å². The molecule has 0 aliphatic heterocycles. The molecule has 3 N–H and O–H groups in total. The van der Waals surface area contributed by atoms with Gasteiger partial charge in [0.1, 0.15) is 11.8 Å². The van der Waals surface area contributed by atoms with E-state index in [4.69, 9.17) is 16.3 Å². The van der Waals surface area contributed by atoms with Crippen LogP contribution < -0.4 is 15.4 Å². The first-order valence-corrected chi connectivity index (χ1v) is 8.40. The maximum absolute atomic E-state index is 12.3. The first-order valence-electron chi connectivity index (χ1n) is 8.03. The molecule has 0 saturated heterocycles. The summed E-state index contributed by atoms with van der Waals surface area (Å²) in [7, 11) is 1.56. The minimum atomic E-state index is -0.0860. The van der Waals surface area contributed by atoms with Gasteiger partial charge in [-0.25, -0.2) is 0 Å². The molecule has 0 heterocycles. The topological polar surface area (TPSA) is 54.9 Å². The van der Waals surface area contributed by atoms with Crippen LogP contribution >= 0.6 is 11.6 Å². The van der Waals surface area contributed by atoms with Crippen LogP contribution in [-0.2, 0) is 4.79 Å². The second-order valence-corrected chi connectivity index (χ2v) is 6.45. The molecule has 0 fully saturated rings. The van der Waals surface area contributed by atoms with Gasteiger partial charge in [0.25, 0.3) is 5.91 Å². The number of rotatable bonds is 7. The molecule has 0 aromatic heterocycles. The summed E-state index contributed by atoms with van der Waals surface area (Å²) < 4.78 is 5.25. The third-order valence-electron chi connectivity index (χ3n) is 3.90. The molecule has 24 heavy (non-hydrogen) atoms. The molecule has 0 spiro atoms. The second kappa shape index (κ2) is 8.71. The van der Waals surface area contributed by atoms with Gasteiger partial charge in [0.2, 0.25) is 0 Å². The largest absolute Gasteiger partial charge is 0.495 e. The van der Waals surface area contributed by atoms with Gasteiger partial charge in [-0.15, -0.1) is 0 Å². The minimum absolute atomic E-state index is 0.0860. The highest BCUT2D eigenvalue weighted by atomic mass is 35.5.